The zero-order chi connectivity index (χ0) is 26.5. The Balaban J connectivity index is 1.35. The first kappa shape index (κ1) is 22.9. The van der Waals surface area contributed by atoms with E-state index >= 15 is 0 Å². The Kier molecular flexibility index (Phi) is 5.35. The van der Waals surface area contributed by atoms with Gasteiger partial charge in [-0.25, -0.2) is 0 Å². The lowest BCUT2D eigenvalue weighted by molar-refractivity contribution is 1.31. The molecule has 0 aliphatic heterocycles. The normalized spacial score (nSPS) is 11.5. The average molecular weight is 529 g/mol. The van der Waals surface area contributed by atoms with E-state index in [4.69, 9.17) is 0 Å². The van der Waals surface area contributed by atoms with Crippen molar-refractivity contribution in [2.75, 3.05) is 4.90 Å². The fourth-order valence-electron chi connectivity index (χ4n) is 5.80. The average Bonchev–Trinajstić information content (AvgIpc) is 3.41. The second-order valence-corrected chi connectivity index (χ2v) is 11.1. The van der Waals surface area contributed by atoms with E-state index in [2.05, 4.69) is 143 Å². The molecule has 0 aliphatic carbocycles. The van der Waals surface area contributed by atoms with Gasteiger partial charge in [-0.3, -0.25) is 4.98 Å². The third kappa shape index (κ3) is 3.75. The van der Waals surface area contributed by atoms with Crippen LogP contribution in [0.5, 0.6) is 0 Å². The van der Waals surface area contributed by atoms with E-state index in [9.17, 15) is 0 Å². The molecule has 0 saturated heterocycles. The summed E-state index contributed by atoms with van der Waals surface area (Å²) in [6.07, 6.45) is 3.86. The van der Waals surface area contributed by atoms with Crippen molar-refractivity contribution in [1.29, 1.82) is 0 Å². The van der Waals surface area contributed by atoms with Crippen LogP contribution in [0.3, 0.4) is 0 Å². The Morgan fingerprint density at radius 1 is 0.500 bits per heavy atom. The van der Waals surface area contributed by atoms with Crippen LogP contribution in [0, 0.1) is 0 Å². The van der Waals surface area contributed by atoms with E-state index in [1.807, 2.05) is 23.7 Å². The number of nitrogens with zero attached hydrogens (tertiary/aromatic N) is 2. The van der Waals surface area contributed by atoms with Crippen LogP contribution < -0.4 is 4.90 Å². The second-order valence-electron chi connectivity index (χ2n) is 10.1. The first-order valence-electron chi connectivity index (χ1n) is 13.5. The fourth-order valence-corrected chi connectivity index (χ4v) is 6.98. The number of thiophene rings is 1. The Morgan fingerprint density at radius 2 is 1.23 bits per heavy atom. The third-order valence-corrected chi connectivity index (χ3v) is 8.95. The molecule has 0 atom stereocenters. The molecule has 2 aromatic heterocycles. The van der Waals surface area contributed by atoms with E-state index < -0.39 is 0 Å². The zero-order valence-electron chi connectivity index (χ0n) is 21.7. The molecule has 2 heterocycles. The lowest BCUT2D eigenvalue weighted by Gasteiger charge is -2.27. The molecule has 8 aromatic rings. The van der Waals surface area contributed by atoms with Gasteiger partial charge in [-0.2, -0.15) is 0 Å². The quantitative estimate of drug-likeness (QED) is 0.211. The number of fused-ring (bicyclic) bond motifs is 6. The number of rotatable bonds is 4. The molecule has 0 unspecified atom stereocenters. The van der Waals surface area contributed by atoms with Crippen LogP contribution in [0.15, 0.2) is 146 Å². The van der Waals surface area contributed by atoms with E-state index in [1.54, 1.807) is 0 Å². The van der Waals surface area contributed by atoms with Crippen molar-refractivity contribution < 1.29 is 0 Å². The van der Waals surface area contributed by atoms with Crippen LogP contribution in [0.4, 0.5) is 17.1 Å². The maximum absolute atomic E-state index is 4.42. The van der Waals surface area contributed by atoms with Crippen LogP contribution >= 0.6 is 11.3 Å². The summed E-state index contributed by atoms with van der Waals surface area (Å²) in [6, 6.07) is 48.1. The van der Waals surface area contributed by atoms with Crippen molar-refractivity contribution in [2.45, 2.75) is 0 Å². The summed E-state index contributed by atoms with van der Waals surface area (Å²) in [4.78, 5) is 6.81. The number of benzene rings is 6. The van der Waals surface area contributed by atoms with E-state index in [1.165, 1.54) is 58.5 Å². The van der Waals surface area contributed by atoms with Gasteiger partial charge in [-0.1, -0.05) is 97.1 Å². The highest BCUT2D eigenvalue weighted by Crippen LogP contribution is 2.45. The standard InChI is InChI=1S/C37H24N2S/c1-2-7-25(8-3-1)26-15-17-29(18-16-26)39(35-12-6-11-33-34-24-38-22-21-36(34)40-37(33)35)30-19-20-32-28(23-30)14-13-27-9-4-5-10-31(27)32/h1-24H. The van der Waals surface area contributed by atoms with Crippen LogP contribution in [0.2, 0.25) is 0 Å². The van der Waals surface area contributed by atoms with Crippen LogP contribution in [0.25, 0.3) is 52.8 Å². The molecule has 40 heavy (non-hydrogen) atoms. The van der Waals surface area contributed by atoms with E-state index in [0.29, 0.717) is 0 Å². The predicted molar refractivity (Wildman–Crippen MR) is 172 cm³/mol. The zero-order valence-corrected chi connectivity index (χ0v) is 22.5. The highest BCUT2D eigenvalue weighted by Gasteiger charge is 2.18. The van der Waals surface area contributed by atoms with Gasteiger partial charge in [0.05, 0.1) is 10.4 Å². The van der Waals surface area contributed by atoms with Crippen molar-refractivity contribution >= 4 is 70.1 Å². The molecule has 188 valence electrons. The lowest BCUT2D eigenvalue weighted by atomic mass is 10.0. The topological polar surface area (TPSA) is 16.1 Å². The number of hydrogen-bond acceptors (Lipinski definition) is 3. The van der Waals surface area contributed by atoms with Crippen LogP contribution in [0.1, 0.15) is 0 Å². The molecule has 0 bridgehead atoms. The Labute approximate surface area is 236 Å². The van der Waals surface area contributed by atoms with Crippen molar-refractivity contribution in [2.24, 2.45) is 0 Å². The molecule has 0 spiro atoms. The molecule has 0 N–H and O–H groups in total. The van der Waals surface area contributed by atoms with Crippen LogP contribution in [-0.4, -0.2) is 4.98 Å². The molecule has 8 rings (SSSR count). The maximum atomic E-state index is 4.42. The lowest BCUT2D eigenvalue weighted by Crippen LogP contribution is -2.10. The second kappa shape index (κ2) is 9.33. The fraction of sp³-hybridized carbons (Fsp3) is 0. The highest BCUT2D eigenvalue weighted by atomic mass is 32.1. The summed E-state index contributed by atoms with van der Waals surface area (Å²) in [6.45, 7) is 0. The summed E-state index contributed by atoms with van der Waals surface area (Å²) in [5, 5.41) is 7.49. The monoisotopic (exact) mass is 528 g/mol. The van der Waals surface area contributed by atoms with Crippen molar-refractivity contribution in [3.05, 3.63) is 146 Å². The molecule has 0 radical (unpaired) electrons. The Morgan fingerprint density at radius 3 is 2.12 bits per heavy atom. The van der Waals surface area contributed by atoms with Crippen molar-refractivity contribution in [1.82, 2.24) is 4.98 Å². The minimum atomic E-state index is 1.13. The highest BCUT2D eigenvalue weighted by molar-refractivity contribution is 7.26. The Hall–Kier alpha value is -4.99. The molecule has 0 saturated carbocycles. The molecule has 0 amide bonds. The number of hydrogen-bond donors (Lipinski definition) is 0. The van der Waals surface area contributed by atoms with Gasteiger partial charge in [0.2, 0.25) is 0 Å². The van der Waals surface area contributed by atoms with Gasteiger partial charge in [0.15, 0.2) is 0 Å². The molecule has 6 aromatic carbocycles. The third-order valence-electron chi connectivity index (χ3n) is 7.74. The molecule has 2 nitrogen and oxygen atoms in total. The smallest absolute Gasteiger partial charge is 0.0640 e. The largest absolute Gasteiger partial charge is 0.309 e. The summed E-state index contributed by atoms with van der Waals surface area (Å²) >= 11 is 1.83. The van der Waals surface area contributed by atoms with Gasteiger partial charge in [-0.15, -0.1) is 11.3 Å². The first-order chi connectivity index (χ1) is 19.8. The summed E-state index contributed by atoms with van der Waals surface area (Å²) < 4.78 is 2.51. The number of anilines is 3. The van der Waals surface area contributed by atoms with Gasteiger partial charge in [0, 0.05) is 39.2 Å². The minimum Gasteiger partial charge on any atom is -0.309 e. The van der Waals surface area contributed by atoms with Gasteiger partial charge in [0.25, 0.3) is 0 Å². The van der Waals surface area contributed by atoms with Crippen molar-refractivity contribution in [3.63, 3.8) is 0 Å². The molecular weight excluding hydrogens is 504 g/mol. The SMILES string of the molecule is c1ccc(-c2ccc(N(c3ccc4c(ccc5ccccc54)c3)c3cccc4c3sc3ccncc34)cc2)cc1. The summed E-state index contributed by atoms with van der Waals surface area (Å²) in [7, 11) is 0. The summed E-state index contributed by atoms with van der Waals surface area (Å²) in [5.74, 6) is 0. The summed E-state index contributed by atoms with van der Waals surface area (Å²) in [5.41, 5.74) is 5.87. The molecule has 0 fully saturated rings. The van der Waals surface area contributed by atoms with Gasteiger partial charge < -0.3 is 4.90 Å². The van der Waals surface area contributed by atoms with E-state index in [0.717, 1.165) is 11.4 Å². The minimum absolute atomic E-state index is 1.13. The number of aromatic nitrogens is 1. The molecule has 3 heteroatoms. The Bertz CT molecular complexity index is 2160. The molecule has 0 aliphatic rings. The van der Waals surface area contributed by atoms with Gasteiger partial charge >= 0.3 is 0 Å². The van der Waals surface area contributed by atoms with Crippen molar-refractivity contribution in [3.8, 4) is 11.1 Å². The van der Waals surface area contributed by atoms with E-state index in [-0.39, 0.29) is 0 Å². The molecular formula is C37H24N2S. The van der Waals surface area contributed by atoms with Crippen LogP contribution in [-0.2, 0) is 0 Å². The first-order valence-corrected chi connectivity index (χ1v) is 14.3. The predicted octanol–water partition coefficient (Wildman–Crippen LogP) is 10.9. The maximum Gasteiger partial charge on any atom is 0.0640 e. The van der Waals surface area contributed by atoms with Gasteiger partial charge in [-0.05, 0) is 69.1 Å². The number of pyridine rings is 1. The van der Waals surface area contributed by atoms with Gasteiger partial charge in [0.1, 0.15) is 0 Å².